The van der Waals surface area contributed by atoms with Crippen molar-refractivity contribution in [3.63, 3.8) is 0 Å². The van der Waals surface area contributed by atoms with Gasteiger partial charge in [0.05, 0.1) is 5.69 Å². The second-order valence-corrected chi connectivity index (χ2v) is 7.12. The van der Waals surface area contributed by atoms with Crippen LogP contribution in [0.1, 0.15) is 16.7 Å². The van der Waals surface area contributed by atoms with Gasteiger partial charge in [0.1, 0.15) is 5.15 Å². The van der Waals surface area contributed by atoms with Crippen LogP contribution in [0.5, 0.6) is 5.75 Å². The molecule has 0 radical (unpaired) electrons. The van der Waals surface area contributed by atoms with Crippen LogP contribution in [0, 0.1) is 0 Å². The number of aromatic nitrogens is 1. The largest absolute Gasteiger partial charge is 0.449 e. The molecular weight excluding hydrogens is 414 g/mol. The number of carbonyl (C=O) groups excluding carboxylic acids is 2. The van der Waals surface area contributed by atoms with Crippen molar-refractivity contribution in [1.29, 1.82) is 0 Å². The van der Waals surface area contributed by atoms with Gasteiger partial charge < -0.3 is 15.4 Å². The Labute approximate surface area is 184 Å². The quantitative estimate of drug-likeness (QED) is 0.462. The highest BCUT2D eigenvalue weighted by Crippen LogP contribution is 2.31. The number of ether oxygens (including phenoxy) is 1. The number of nitrogens with zero attached hydrogens (tertiary/aromatic N) is 1. The SMILES string of the molecule is O=C(/C=C/c1ccccc1/C=C1\Oc2ccccc2NC1=O)NCc1ccc(Cl)nc1. The molecule has 1 aliphatic heterocycles. The zero-order chi connectivity index (χ0) is 21.6. The molecule has 154 valence electrons. The van der Waals surface area contributed by atoms with Crippen LogP contribution in [0.3, 0.4) is 0 Å². The van der Waals surface area contributed by atoms with Crippen LogP contribution in [0.4, 0.5) is 5.69 Å². The van der Waals surface area contributed by atoms with E-state index in [1.807, 2.05) is 36.4 Å². The average molecular weight is 432 g/mol. The van der Waals surface area contributed by atoms with Gasteiger partial charge >= 0.3 is 0 Å². The first kappa shape index (κ1) is 20.4. The summed E-state index contributed by atoms with van der Waals surface area (Å²) >= 11 is 5.76. The van der Waals surface area contributed by atoms with Crippen LogP contribution in [-0.4, -0.2) is 16.8 Å². The average Bonchev–Trinajstić information content (AvgIpc) is 2.78. The number of fused-ring (bicyclic) bond motifs is 1. The highest BCUT2D eigenvalue weighted by Gasteiger charge is 2.21. The maximum atomic E-state index is 12.4. The van der Waals surface area contributed by atoms with Crippen LogP contribution in [0.25, 0.3) is 12.2 Å². The molecule has 0 saturated heterocycles. The summed E-state index contributed by atoms with van der Waals surface area (Å²) in [4.78, 5) is 28.6. The molecule has 7 heteroatoms. The van der Waals surface area contributed by atoms with Crippen LogP contribution < -0.4 is 15.4 Å². The zero-order valence-electron chi connectivity index (χ0n) is 16.3. The number of pyridine rings is 1. The number of para-hydroxylation sites is 2. The van der Waals surface area contributed by atoms with Gasteiger partial charge in [0.15, 0.2) is 11.5 Å². The fraction of sp³-hybridized carbons (Fsp3) is 0.0417. The molecule has 1 aromatic heterocycles. The number of amides is 2. The van der Waals surface area contributed by atoms with E-state index in [9.17, 15) is 9.59 Å². The van der Waals surface area contributed by atoms with Crippen LogP contribution in [0.15, 0.2) is 78.7 Å². The molecule has 31 heavy (non-hydrogen) atoms. The molecule has 0 fully saturated rings. The summed E-state index contributed by atoms with van der Waals surface area (Å²) in [6.45, 7) is 0.340. The third-order valence-corrected chi connectivity index (χ3v) is 4.75. The van der Waals surface area contributed by atoms with Gasteiger partial charge in [0.25, 0.3) is 5.91 Å². The summed E-state index contributed by atoms with van der Waals surface area (Å²) in [6.07, 6.45) is 6.40. The lowest BCUT2D eigenvalue weighted by molar-refractivity contribution is -0.116. The number of rotatable bonds is 5. The molecule has 1 aliphatic rings. The molecule has 0 unspecified atom stereocenters. The lowest BCUT2D eigenvalue weighted by atomic mass is 10.1. The third-order valence-electron chi connectivity index (χ3n) is 4.53. The number of carbonyl (C=O) groups is 2. The number of hydrogen-bond acceptors (Lipinski definition) is 4. The smallest absolute Gasteiger partial charge is 0.291 e. The summed E-state index contributed by atoms with van der Waals surface area (Å²) in [5.74, 6) is 0.182. The molecule has 2 amide bonds. The lowest BCUT2D eigenvalue weighted by Crippen LogP contribution is -2.23. The lowest BCUT2D eigenvalue weighted by Gasteiger charge is -2.19. The van der Waals surface area contributed by atoms with Gasteiger partial charge in [-0.3, -0.25) is 9.59 Å². The van der Waals surface area contributed by atoms with Gasteiger partial charge in [0.2, 0.25) is 5.91 Å². The minimum atomic E-state index is -0.327. The summed E-state index contributed by atoms with van der Waals surface area (Å²) in [5.41, 5.74) is 2.99. The normalized spacial score (nSPS) is 14.1. The standard InChI is InChI=1S/C24H18ClN3O3/c25-22-11-9-16(14-26-22)15-27-23(29)12-10-17-5-1-2-6-18(17)13-21-24(30)28-19-7-3-4-8-20(19)31-21/h1-14H,15H2,(H,27,29)(H,28,30)/b12-10+,21-13-. The first-order valence-electron chi connectivity index (χ1n) is 9.54. The van der Waals surface area contributed by atoms with Gasteiger partial charge in [-0.25, -0.2) is 4.98 Å². The van der Waals surface area contributed by atoms with E-state index in [0.29, 0.717) is 23.1 Å². The Morgan fingerprint density at radius 3 is 2.65 bits per heavy atom. The second kappa shape index (κ2) is 9.28. The minimum absolute atomic E-state index is 0.180. The number of anilines is 1. The molecule has 2 heterocycles. The van der Waals surface area contributed by atoms with E-state index in [0.717, 1.165) is 16.7 Å². The maximum absolute atomic E-state index is 12.4. The molecule has 0 saturated carbocycles. The van der Waals surface area contributed by atoms with E-state index in [1.54, 1.807) is 42.6 Å². The van der Waals surface area contributed by atoms with Gasteiger partial charge in [-0.1, -0.05) is 54.1 Å². The van der Waals surface area contributed by atoms with E-state index in [-0.39, 0.29) is 17.6 Å². The highest BCUT2D eigenvalue weighted by molar-refractivity contribution is 6.29. The molecule has 2 N–H and O–H groups in total. The molecular formula is C24H18ClN3O3. The Morgan fingerprint density at radius 1 is 1.06 bits per heavy atom. The number of hydrogen-bond donors (Lipinski definition) is 2. The summed E-state index contributed by atoms with van der Waals surface area (Å²) in [7, 11) is 0. The van der Waals surface area contributed by atoms with Crippen molar-refractivity contribution >= 4 is 41.3 Å². The van der Waals surface area contributed by atoms with Crippen molar-refractivity contribution in [3.05, 3.63) is 101 Å². The molecule has 6 nitrogen and oxygen atoms in total. The van der Waals surface area contributed by atoms with Crippen molar-refractivity contribution < 1.29 is 14.3 Å². The molecule has 3 aromatic rings. The van der Waals surface area contributed by atoms with Gasteiger partial charge in [-0.15, -0.1) is 0 Å². The summed E-state index contributed by atoms with van der Waals surface area (Å²) < 4.78 is 5.76. The molecule has 0 aliphatic carbocycles. The van der Waals surface area contributed by atoms with Crippen molar-refractivity contribution in [2.24, 2.45) is 0 Å². The summed E-state index contributed by atoms with van der Waals surface area (Å²) in [6, 6.07) is 18.1. The minimum Gasteiger partial charge on any atom is -0.449 e. The van der Waals surface area contributed by atoms with Crippen molar-refractivity contribution in [1.82, 2.24) is 10.3 Å². The second-order valence-electron chi connectivity index (χ2n) is 6.73. The monoisotopic (exact) mass is 431 g/mol. The van der Waals surface area contributed by atoms with Crippen LogP contribution in [0.2, 0.25) is 5.15 Å². The Morgan fingerprint density at radius 2 is 1.84 bits per heavy atom. The van der Waals surface area contributed by atoms with Gasteiger partial charge in [-0.05, 0) is 47.0 Å². The fourth-order valence-corrected chi connectivity index (χ4v) is 3.07. The van der Waals surface area contributed by atoms with Crippen LogP contribution >= 0.6 is 11.6 Å². The van der Waals surface area contributed by atoms with E-state index < -0.39 is 0 Å². The van der Waals surface area contributed by atoms with Gasteiger partial charge in [0, 0.05) is 18.8 Å². The van der Waals surface area contributed by atoms with Crippen LogP contribution in [-0.2, 0) is 16.1 Å². The molecule has 4 rings (SSSR count). The van der Waals surface area contributed by atoms with Crippen molar-refractivity contribution in [2.45, 2.75) is 6.54 Å². The number of halogens is 1. The molecule has 0 spiro atoms. The highest BCUT2D eigenvalue weighted by atomic mass is 35.5. The molecule has 0 bridgehead atoms. The predicted molar refractivity (Wildman–Crippen MR) is 120 cm³/mol. The zero-order valence-corrected chi connectivity index (χ0v) is 17.1. The van der Waals surface area contributed by atoms with Gasteiger partial charge in [-0.2, -0.15) is 0 Å². The van der Waals surface area contributed by atoms with E-state index in [2.05, 4.69) is 15.6 Å². The Hall–Kier alpha value is -3.90. The van der Waals surface area contributed by atoms with E-state index in [1.165, 1.54) is 6.08 Å². The molecule has 0 atom stereocenters. The van der Waals surface area contributed by atoms with Crippen molar-refractivity contribution in [3.8, 4) is 5.75 Å². The number of nitrogens with one attached hydrogen (secondary N) is 2. The first-order chi connectivity index (χ1) is 15.1. The topological polar surface area (TPSA) is 80.3 Å². The third kappa shape index (κ3) is 5.18. The molecule has 2 aromatic carbocycles. The Kier molecular flexibility index (Phi) is 6.10. The maximum Gasteiger partial charge on any atom is 0.291 e. The fourth-order valence-electron chi connectivity index (χ4n) is 2.96. The van der Waals surface area contributed by atoms with E-state index in [4.69, 9.17) is 16.3 Å². The van der Waals surface area contributed by atoms with Crippen molar-refractivity contribution in [2.75, 3.05) is 5.32 Å². The predicted octanol–water partition coefficient (Wildman–Crippen LogP) is 4.44. The number of benzene rings is 2. The Balaban J connectivity index is 1.47. The summed E-state index contributed by atoms with van der Waals surface area (Å²) in [5, 5.41) is 6.01. The van der Waals surface area contributed by atoms with E-state index >= 15 is 0 Å². The Bertz CT molecular complexity index is 1190. The first-order valence-corrected chi connectivity index (χ1v) is 9.91.